The minimum atomic E-state index is -1.06. The Labute approximate surface area is 116 Å². The molecule has 1 aromatic carbocycles. The normalized spacial score (nSPS) is 11.7. The summed E-state index contributed by atoms with van der Waals surface area (Å²) in [7, 11) is 0. The topological polar surface area (TPSA) is 75.6 Å². The van der Waals surface area contributed by atoms with Gasteiger partial charge < -0.3 is 15.2 Å². The van der Waals surface area contributed by atoms with Gasteiger partial charge in [0.15, 0.2) is 6.61 Å². The third kappa shape index (κ3) is 4.79. The molecule has 104 valence electrons. The van der Waals surface area contributed by atoms with E-state index in [1.165, 1.54) is 0 Å². The van der Waals surface area contributed by atoms with Gasteiger partial charge in [-0.2, -0.15) is 0 Å². The molecule has 1 atom stereocenters. The second-order valence-electron chi connectivity index (χ2n) is 4.07. The third-order valence-electron chi connectivity index (χ3n) is 2.54. The molecular formula is C13H16ClNO4. The molecule has 0 saturated heterocycles. The van der Waals surface area contributed by atoms with Crippen LogP contribution in [0.15, 0.2) is 18.2 Å². The van der Waals surface area contributed by atoms with Crippen LogP contribution in [0.4, 0.5) is 0 Å². The molecule has 19 heavy (non-hydrogen) atoms. The van der Waals surface area contributed by atoms with E-state index in [1.807, 2.05) is 6.92 Å². The number of rotatable bonds is 6. The summed E-state index contributed by atoms with van der Waals surface area (Å²) in [6.07, 6.45) is 0.320. The third-order valence-corrected chi connectivity index (χ3v) is 2.77. The Bertz CT molecular complexity index is 476. The zero-order valence-corrected chi connectivity index (χ0v) is 11.5. The molecule has 5 nitrogen and oxygen atoms in total. The summed E-state index contributed by atoms with van der Waals surface area (Å²) in [6.45, 7) is 3.26. The standard InChI is InChI=1S/C13H16ClNO4/c1-3-10(13(17)18)15-12(16)7-19-11-5-4-9(14)6-8(11)2/h4-6,10H,3,7H2,1-2H3,(H,15,16)(H,17,18)/t10-/m1/s1. The van der Waals surface area contributed by atoms with Crippen molar-refractivity contribution in [3.8, 4) is 5.75 Å². The van der Waals surface area contributed by atoms with Crippen molar-refractivity contribution < 1.29 is 19.4 Å². The zero-order chi connectivity index (χ0) is 14.4. The van der Waals surface area contributed by atoms with Crippen LogP contribution in [0, 0.1) is 6.92 Å². The number of aryl methyl sites for hydroxylation is 1. The van der Waals surface area contributed by atoms with Gasteiger partial charge in [0.25, 0.3) is 5.91 Å². The Morgan fingerprint density at radius 2 is 2.16 bits per heavy atom. The van der Waals surface area contributed by atoms with E-state index in [9.17, 15) is 9.59 Å². The molecule has 1 amide bonds. The van der Waals surface area contributed by atoms with Crippen molar-refractivity contribution in [2.45, 2.75) is 26.3 Å². The summed E-state index contributed by atoms with van der Waals surface area (Å²) in [5.41, 5.74) is 0.811. The maximum Gasteiger partial charge on any atom is 0.326 e. The number of carboxylic acids is 1. The Balaban J connectivity index is 2.52. The van der Waals surface area contributed by atoms with E-state index >= 15 is 0 Å². The van der Waals surface area contributed by atoms with Crippen molar-refractivity contribution in [2.75, 3.05) is 6.61 Å². The van der Waals surface area contributed by atoms with E-state index in [-0.39, 0.29) is 6.61 Å². The van der Waals surface area contributed by atoms with Crippen molar-refractivity contribution in [3.63, 3.8) is 0 Å². The van der Waals surface area contributed by atoms with Gasteiger partial charge in [-0.25, -0.2) is 4.79 Å². The molecule has 0 bridgehead atoms. The van der Waals surface area contributed by atoms with Gasteiger partial charge in [-0.3, -0.25) is 4.79 Å². The number of carboxylic acid groups (broad SMARTS) is 1. The molecule has 0 saturated carbocycles. The fourth-order valence-corrected chi connectivity index (χ4v) is 1.72. The average molecular weight is 286 g/mol. The van der Waals surface area contributed by atoms with Crippen molar-refractivity contribution in [1.82, 2.24) is 5.32 Å². The summed E-state index contributed by atoms with van der Waals surface area (Å²) in [5.74, 6) is -0.981. The number of carbonyl (C=O) groups is 2. The fraction of sp³-hybridized carbons (Fsp3) is 0.385. The van der Waals surface area contributed by atoms with E-state index in [2.05, 4.69) is 5.32 Å². The summed E-state index contributed by atoms with van der Waals surface area (Å²) < 4.78 is 5.32. The lowest BCUT2D eigenvalue weighted by Crippen LogP contribution is -2.42. The summed E-state index contributed by atoms with van der Waals surface area (Å²) in [5, 5.41) is 11.8. The number of aliphatic carboxylic acids is 1. The van der Waals surface area contributed by atoms with Crippen LogP contribution < -0.4 is 10.1 Å². The van der Waals surface area contributed by atoms with Crippen LogP contribution in [0.5, 0.6) is 5.75 Å². The smallest absolute Gasteiger partial charge is 0.326 e. The van der Waals surface area contributed by atoms with Crippen LogP contribution in [0.2, 0.25) is 5.02 Å². The monoisotopic (exact) mass is 285 g/mol. The Kier molecular flexibility index (Phi) is 5.63. The highest BCUT2D eigenvalue weighted by Gasteiger charge is 2.17. The highest BCUT2D eigenvalue weighted by molar-refractivity contribution is 6.30. The first-order chi connectivity index (χ1) is 8.93. The maximum atomic E-state index is 11.5. The van der Waals surface area contributed by atoms with Crippen molar-refractivity contribution >= 4 is 23.5 Å². The van der Waals surface area contributed by atoms with Crippen LogP contribution in [-0.4, -0.2) is 29.6 Å². The lowest BCUT2D eigenvalue weighted by molar-refractivity contribution is -0.142. The van der Waals surface area contributed by atoms with E-state index in [4.69, 9.17) is 21.4 Å². The first kappa shape index (κ1) is 15.3. The van der Waals surface area contributed by atoms with Gasteiger partial charge in [-0.1, -0.05) is 18.5 Å². The van der Waals surface area contributed by atoms with Crippen molar-refractivity contribution in [2.24, 2.45) is 0 Å². The number of carbonyl (C=O) groups excluding carboxylic acids is 1. The van der Waals surface area contributed by atoms with E-state index in [1.54, 1.807) is 25.1 Å². The molecule has 0 spiro atoms. The Morgan fingerprint density at radius 3 is 2.68 bits per heavy atom. The van der Waals surface area contributed by atoms with Gasteiger partial charge >= 0.3 is 5.97 Å². The van der Waals surface area contributed by atoms with E-state index in [0.717, 1.165) is 5.56 Å². The molecule has 1 aromatic rings. The molecule has 0 unspecified atom stereocenters. The number of nitrogens with one attached hydrogen (secondary N) is 1. The minimum Gasteiger partial charge on any atom is -0.484 e. The van der Waals surface area contributed by atoms with Gasteiger partial charge in [-0.15, -0.1) is 0 Å². The number of hydrogen-bond donors (Lipinski definition) is 2. The quantitative estimate of drug-likeness (QED) is 0.838. The molecule has 2 N–H and O–H groups in total. The fourth-order valence-electron chi connectivity index (χ4n) is 1.49. The van der Waals surface area contributed by atoms with Crippen LogP contribution in [-0.2, 0) is 9.59 Å². The summed E-state index contributed by atoms with van der Waals surface area (Å²) in [4.78, 5) is 22.3. The SMILES string of the molecule is CC[C@@H](NC(=O)COc1ccc(Cl)cc1C)C(=O)O. The van der Waals surface area contributed by atoms with Gasteiger partial charge in [-0.05, 0) is 37.1 Å². The predicted octanol–water partition coefficient (Wildman–Crippen LogP) is 2.01. The lowest BCUT2D eigenvalue weighted by atomic mass is 10.2. The molecule has 6 heteroatoms. The number of ether oxygens (including phenoxy) is 1. The summed E-state index contributed by atoms with van der Waals surface area (Å²) >= 11 is 5.80. The second kappa shape index (κ2) is 6.99. The predicted molar refractivity (Wildman–Crippen MR) is 71.5 cm³/mol. The molecule has 0 aromatic heterocycles. The molecule has 0 fully saturated rings. The highest BCUT2D eigenvalue weighted by atomic mass is 35.5. The molecule has 0 aliphatic rings. The lowest BCUT2D eigenvalue weighted by Gasteiger charge is -2.13. The first-order valence-electron chi connectivity index (χ1n) is 5.85. The van der Waals surface area contributed by atoms with Gasteiger partial charge in [0, 0.05) is 5.02 Å². The van der Waals surface area contributed by atoms with Crippen molar-refractivity contribution in [1.29, 1.82) is 0 Å². The van der Waals surface area contributed by atoms with Crippen molar-refractivity contribution in [3.05, 3.63) is 28.8 Å². The Hall–Kier alpha value is -1.75. The molecule has 0 aliphatic carbocycles. The second-order valence-corrected chi connectivity index (χ2v) is 4.50. The number of benzene rings is 1. The average Bonchev–Trinajstić information content (AvgIpc) is 2.34. The zero-order valence-electron chi connectivity index (χ0n) is 10.8. The molecule has 0 radical (unpaired) electrons. The summed E-state index contributed by atoms with van der Waals surface area (Å²) in [6, 6.07) is 4.16. The molecule has 1 rings (SSSR count). The van der Waals surface area contributed by atoms with Crippen LogP contribution in [0.25, 0.3) is 0 Å². The number of amides is 1. The van der Waals surface area contributed by atoms with Crippen LogP contribution in [0.3, 0.4) is 0 Å². The van der Waals surface area contributed by atoms with E-state index in [0.29, 0.717) is 17.2 Å². The number of hydrogen-bond acceptors (Lipinski definition) is 3. The first-order valence-corrected chi connectivity index (χ1v) is 6.23. The molecular weight excluding hydrogens is 270 g/mol. The van der Waals surface area contributed by atoms with E-state index < -0.39 is 17.9 Å². The Morgan fingerprint density at radius 1 is 1.47 bits per heavy atom. The minimum absolute atomic E-state index is 0.230. The maximum absolute atomic E-state index is 11.5. The van der Waals surface area contributed by atoms with Gasteiger partial charge in [0.05, 0.1) is 0 Å². The molecule has 0 aliphatic heterocycles. The highest BCUT2D eigenvalue weighted by Crippen LogP contribution is 2.21. The molecule has 0 heterocycles. The number of halogens is 1. The van der Waals surface area contributed by atoms with Crippen LogP contribution in [0.1, 0.15) is 18.9 Å². The van der Waals surface area contributed by atoms with Crippen LogP contribution >= 0.6 is 11.6 Å². The largest absolute Gasteiger partial charge is 0.484 e. The van der Waals surface area contributed by atoms with Gasteiger partial charge in [0.2, 0.25) is 0 Å². The van der Waals surface area contributed by atoms with Gasteiger partial charge in [0.1, 0.15) is 11.8 Å².